The number of aromatic nitrogens is 2. The number of anilines is 2. The second-order valence-corrected chi connectivity index (χ2v) is 6.81. The molecule has 132 valence electrons. The summed E-state index contributed by atoms with van der Waals surface area (Å²) < 4.78 is 9.01. The van der Waals surface area contributed by atoms with Crippen LogP contribution in [0.25, 0.3) is 11.3 Å². The number of rotatable bonds is 5. The van der Waals surface area contributed by atoms with Gasteiger partial charge >= 0.3 is 0 Å². The monoisotopic (exact) mass is 363 g/mol. The molecule has 0 amide bonds. The summed E-state index contributed by atoms with van der Waals surface area (Å²) in [7, 11) is 0. The van der Waals surface area contributed by atoms with E-state index < -0.39 is 0 Å². The molecule has 2 aromatic carbocycles. The Bertz CT molecular complexity index is 961. The Morgan fingerprint density at radius 3 is 2.58 bits per heavy atom. The first-order chi connectivity index (χ1) is 12.6. The first-order valence-electron chi connectivity index (χ1n) is 8.42. The third kappa shape index (κ3) is 4.17. The standard InChI is InChI=1S/C20H21N5S/c1-13-4-3-5-17(14(13)2)18-12-19(25-20(21)24-18)23-11-10-15-6-8-16(26-22)9-7-15/h3-9,12H,10-11H2,1-2H3,(H3,21,23,24,25). The van der Waals surface area contributed by atoms with Gasteiger partial charge < -0.3 is 11.1 Å². The van der Waals surface area contributed by atoms with Gasteiger partial charge in [0.2, 0.25) is 5.95 Å². The minimum atomic E-state index is 0.259. The van der Waals surface area contributed by atoms with Crippen molar-refractivity contribution in [3.63, 3.8) is 0 Å². The maximum absolute atomic E-state index is 9.01. The van der Waals surface area contributed by atoms with Crippen LogP contribution in [0.5, 0.6) is 0 Å². The van der Waals surface area contributed by atoms with Gasteiger partial charge in [0.15, 0.2) is 0 Å². The van der Waals surface area contributed by atoms with E-state index in [1.54, 1.807) is 0 Å². The van der Waals surface area contributed by atoms with Crippen molar-refractivity contribution in [2.24, 2.45) is 0 Å². The molecule has 0 spiro atoms. The zero-order chi connectivity index (χ0) is 18.5. The molecule has 1 heterocycles. The van der Waals surface area contributed by atoms with Crippen molar-refractivity contribution in [2.45, 2.75) is 25.2 Å². The van der Waals surface area contributed by atoms with Crippen LogP contribution in [0.3, 0.4) is 0 Å². The van der Waals surface area contributed by atoms with E-state index in [-0.39, 0.29) is 5.95 Å². The van der Waals surface area contributed by atoms with E-state index in [0.29, 0.717) is 0 Å². The number of nitrogens with one attached hydrogen (secondary N) is 1. The average Bonchev–Trinajstić information content (AvgIpc) is 2.64. The Kier molecular flexibility index (Phi) is 5.46. The zero-order valence-electron chi connectivity index (χ0n) is 14.9. The summed E-state index contributed by atoms with van der Waals surface area (Å²) in [6.07, 6.45) is 0.846. The normalized spacial score (nSPS) is 10.5. The fourth-order valence-electron chi connectivity index (χ4n) is 2.77. The molecular formula is C20H21N5S. The van der Waals surface area contributed by atoms with Gasteiger partial charge in [-0.3, -0.25) is 0 Å². The molecule has 3 rings (SSSR count). The second-order valence-electron chi connectivity index (χ2n) is 6.16. The lowest BCUT2D eigenvalue weighted by Gasteiger charge is -2.11. The summed E-state index contributed by atoms with van der Waals surface area (Å²) in [4.78, 5) is 9.52. The molecule has 6 heteroatoms. The number of nitrogen functional groups attached to an aromatic ring is 1. The Morgan fingerprint density at radius 1 is 1.08 bits per heavy atom. The zero-order valence-corrected chi connectivity index (χ0v) is 15.7. The van der Waals surface area contributed by atoms with E-state index >= 15 is 0 Å². The minimum absolute atomic E-state index is 0.259. The second kappa shape index (κ2) is 7.95. The highest BCUT2D eigenvalue weighted by Gasteiger charge is 2.08. The summed E-state index contributed by atoms with van der Waals surface area (Å²) in [5, 5.41) is 3.32. The summed E-state index contributed by atoms with van der Waals surface area (Å²) >= 11 is 0.755. The number of nitrogens with zero attached hydrogens (tertiary/aromatic N) is 3. The van der Waals surface area contributed by atoms with Crippen LogP contribution in [0.2, 0.25) is 0 Å². The molecule has 0 aliphatic carbocycles. The number of hydrogen-bond acceptors (Lipinski definition) is 5. The molecule has 0 aliphatic rings. The van der Waals surface area contributed by atoms with E-state index in [9.17, 15) is 0 Å². The van der Waals surface area contributed by atoms with Crippen LogP contribution >= 0.6 is 11.4 Å². The predicted molar refractivity (Wildman–Crippen MR) is 108 cm³/mol. The summed E-state index contributed by atoms with van der Waals surface area (Å²) in [5.74, 6) is 0.978. The highest BCUT2D eigenvalue weighted by molar-refractivity contribution is 7.85. The smallest absolute Gasteiger partial charge is 0.222 e. The highest BCUT2D eigenvalue weighted by atomic mass is 32.1. The molecule has 0 saturated carbocycles. The van der Waals surface area contributed by atoms with Gasteiger partial charge in [-0.05, 0) is 49.1 Å². The largest absolute Gasteiger partial charge is 0.370 e. The van der Waals surface area contributed by atoms with E-state index in [2.05, 4.69) is 41.3 Å². The number of hydrogen-bond donors (Lipinski definition) is 2. The van der Waals surface area contributed by atoms with Crippen LogP contribution in [0.1, 0.15) is 16.7 Å². The molecule has 0 unspecified atom stereocenters. The lowest BCUT2D eigenvalue weighted by atomic mass is 10.0. The van der Waals surface area contributed by atoms with Crippen LogP contribution in [0.15, 0.2) is 53.4 Å². The quantitative estimate of drug-likeness (QED) is 0.693. The van der Waals surface area contributed by atoms with Crippen LogP contribution in [-0.2, 0) is 6.42 Å². The predicted octanol–water partition coefficient (Wildman–Crippen LogP) is 4.57. The van der Waals surface area contributed by atoms with Crippen LogP contribution in [0, 0.1) is 18.5 Å². The molecule has 26 heavy (non-hydrogen) atoms. The summed E-state index contributed by atoms with van der Waals surface area (Å²) in [5.41, 5.74) is 11.4. The van der Waals surface area contributed by atoms with Crippen molar-refractivity contribution >= 4 is 23.2 Å². The van der Waals surface area contributed by atoms with Crippen LogP contribution in [-0.4, -0.2) is 16.5 Å². The Hall–Kier alpha value is -2.95. The maximum atomic E-state index is 9.01. The molecule has 5 nitrogen and oxygen atoms in total. The highest BCUT2D eigenvalue weighted by Crippen LogP contribution is 2.26. The van der Waals surface area contributed by atoms with Gasteiger partial charge in [0, 0.05) is 18.2 Å². The SMILES string of the molecule is Cc1cccc(-c2cc(NCCc3ccc(S#N)cc3)nc(N)n2)c1C. The van der Waals surface area contributed by atoms with Crippen LogP contribution < -0.4 is 11.1 Å². The van der Waals surface area contributed by atoms with Gasteiger partial charge in [-0.1, -0.05) is 30.3 Å². The lowest BCUT2D eigenvalue weighted by molar-refractivity contribution is 0.999. The van der Waals surface area contributed by atoms with Crippen LogP contribution in [0.4, 0.5) is 11.8 Å². The number of aryl methyl sites for hydroxylation is 1. The molecule has 0 radical (unpaired) electrons. The van der Waals surface area contributed by atoms with Crippen molar-refractivity contribution in [1.82, 2.24) is 9.97 Å². The Balaban J connectivity index is 1.73. The molecule has 3 N–H and O–H groups in total. The molecule has 0 saturated heterocycles. The molecule has 1 aromatic heterocycles. The van der Waals surface area contributed by atoms with E-state index in [4.69, 9.17) is 10.3 Å². The molecule has 0 aliphatic heterocycles. The van der Waals surface area contributed by atoms with Gasteiger partial charge in [-0.25, -0.2) is 4.98 Å². The summed E-state index contributed by atoms with van der Waals surface area (Å²) in [6, 6.07) is 15.9. The average molecular weight is 363 g/mol. The molecule has 0 fully saturated rings. The fraction of sp³-hybridized carbons (Fsp3) is 0.200. The van der Waals surface area contributed by atoms with Crippen molar-refractivity contribution in [2.75, 3.05) is 17.6 Å². The molecule has 3 aromatic rings. The van der Waals surface area contributed by atoms with Gasteiger partial charge in [0.1, 0.15) is 5.82 Å². The van der Waals surface area contributed by atoms with E-state index in [1.807, 2.05) is 36.4 Å². The maximum Gasteiger partial charge on any atom is 0.222 e. The first kappa shape index (κ1) is 17.9. The fourth-order valence-corrected chi connectivity index (χ4v) is 3.03. The van der Waals surface area contributed by atoms with Crippen molar-refractivity contribution in [3.05, 3.63) is 65.2 Å². The third-order valence-electron chi connectivity index (χ3n) is 4.37. The van der Waals surface area contributed by atoms with E-state index in [0.717, 1.165) is 46.3 Å². The van der Waals surface area contributed by atoms with Crippen molar-refractivity contribution in [1.29, 1.82) is 4.61 Å². The Labute approximate surface area is 157 Å². The number of nitrogens with two attached hydrogens (primary N) is 1. The minimum Gasteiger partial charge on any atom is -0.370 e. The topological polar surface area (TPSA) is 87.6 Å². The van der Waals surface area contributed by atoms with Gasteiger partial charge in [-0.15, -0.1) is 0 Å². The molecule has 0 atom stereocenters. The van der Waals surface area contributed by atoms with E-state index in [1.165, 1.54) is 16.7 Å². The lowest BCUT2D eigenvalue weighted by Crippen LogP contribution is -2.08. The first-order valence-corrected chi connectivity index (χ1v) is 9.19. The van der Waals surface area contributed by atoms with Gasteiger partial charge in [0.05, 0.1) is 22.0 Å². The third-order valence-corrected chi connectivity index (χ3v) is 4.86. The van der Waals surface area contributed by atoms with Gasteiger partial charge in [-0.2, -0.15) is 9.59 Å². The summed E-state index contributed by atoms with van der Waals surface area (Å²) in [6.45, 7) is 4.90. The van der Waals surface area contributed by atoms with Gasteiger partial charge in [0.25, 0.3) is 0 Å². The number of benzene rings is 2. The van der Waals surface area contributed by atoms with Crippen molar-refractivity contribution in [3.8, 4) is 11.3 Å². The van der Waals surface area contributed by atoms with Crippen molar-refractivity contribution < 1.29 is 0 Å². The Morgan fingerprint density at radius 2 is 1.85 bits per heavy atom. The molecule has 0 bridgehead atoms. The molecular weight excluding hydrogens is 342 g/mol.